The summed E-state index contributed by atoms with van der Waals surface area (Å²) in [6, 6.07) is 8.14. The van der Waals surface area contributed by atoms with E-state index >= 15 is 0 Å². The van der Waals surface area contributed by atoms with Gasteiger partial charge in [0, 0.05) is 23.4 Å². The molecule has 2 aromatic carbocycles. The Kier molecular flexibility index (Phi) is 4.08. The van der Waals surface area contributed by atoms with Gasteiger partial charge < -0.3 is 5.32 Å². The lowest BCUT2D eigenvalue weighted by Crippen LogP contribution is -2.17. The SMILES string of the molecule is Cc1ccccc1NC(=O)Cc1c(F)cc(F)cc1F. The maximum absolute atomic E-state index is 13.4. The van der Waals surface area contributed by atoms with Crippen molar-refractivity contribution >= 4 is 11.6 Å². The summed E-state index contributed by atoms with van der Waals surface area (Å²) in [5.74, 6) is -3.71. The molecule has 0 unspecified atom stereocenters. The van der Waals surface area contributed by atoms with Crippen molar-refractivity contribution in [3.63, 3.8) is 0 Å². The first kappa shape index (κ1) is 14.1. The zero-order valence-corrected chi connectivity index (χ0v) is 10.7. The van der Waals surface area contributed by atoms with Crippen molar-refractivity contribution in [3.05, 3.63) is 65.0 Å². The number of carbonyl (C=O) groups excluding carboxylic acids is 1. The zero-order valence-electron chi connectivity index (χ0n) is 10.7. The van der Waals surface area contributed by atoms with Gasteiger partial charge in [-0.05, 0) is 18.6 Å². The van der Waals surface area contributed by atoms with Crippen LogP contribution in [-0.4, -0.2) is 5.91 Å². The van der Waals surface area contributed by atoms with Crippen LogP contribution in [0.2, 0.25) is 0 Å². The zero-order chi connectivity index (χ0) is 14.7. The van der Waals surface area contributed by atoms with Crippen molar-refractivity contribution in [3.8, 4) is 0 Å². The molecule has 0 aromatic heterocycles. The van der Waals surface area contributed by atoms with E-state index in [1.54, 1.807) is 25.1 Å². The third-order valence-corrected chi connectivity index (χ3v) is 2.86. The Morgan fingerprint density at radius 1 is 1.10 bits per heavy atom. The van der Waals surface area contributed by atoms with Crippen LogP contribution in [-0.2, 0) is 11.2 Å². The monoisotopic (exact) mass is 279 g/mol. The standard InChI is InChI=1S/C15H12F3NO/c1-9-4-2-3-5-14(9)19-15(20)8-11-12(17)6-10(16)7-13(11)18/h2-7H,8H2,1H3,(H,19,20). The Bertz CT molecular complexity index is 632. The van der Waals surface area contributed by atoms with Crippen molar-refractivity contribution in [2.45, 2.75) is 13.3 Å². The van der Waals surface area contributed by atoms with E-state index in [0.29, 0.717) is 17.8 Å². The molecule has 0 radical (unpaired) electrons. The molecule has 0 heterocycles. The summed E-state index contributed by atoms with van der Waals surface area (Å²) in [6.07, 6.45) is -0.494. The van der Waals surface area contributed by atoms with E-state index in [-0.39, 0.29) is 0 Å². The van der Waals surface area contributed by atoms with Gasteiger partial charge in [-0.1, -0.05) is 18.2 Å². The molecule has 0 spiro atoms. The van der Waals surface area contributed by atoms with Crippen LogP contribution in [0, 0.1) is 24.4 Å². The highest BCUT2D eigenvalue weighted by Gasteiger charge is 2.15. The smallest absolute Gasteiger partial charge is 0.229 e. The summed E-state index contributed by atoms with van der Waals surface area (Å²) in [5, 5.41) is 2.56. The molecule has 0 bridgehead atoms. The Morgan fingerprint density at radius 3 is 2.30 bits per heavy atom. The van der Waals surface area contributed by atoms with E-state index < -0.39 is 35.3 Å². The summed E-state index contributed by atoms with van der Waals surface area (Å²) in [7, 11) is 0. The van der Waals surface area contributed by atoms with Gasteiger partial charge >= 0.3 is 0 Å². The molecule has 2 nitrogen and oxygen atoms in total. The lowest BCUT2D eigenvalue weighted by molar-refractivity contribution is -0.115. The molecule has 2 rings (SSSR count). The van der Waals surface area contributed by atoms with Crippen LogP contribution in [0.4, 0.5) is 18.9 Å². The van der Waals surface area contributed by atoms with Gasteiger partial charge in [-0.15, -0.1) is 0 Å². The molecular formula is C15H12F3NO. The van der Waals surface area contributed by atoms with E-state index in [0.717, 1.165) is 5.56 Å². The third kappa shape index (κ3) is 3.17. The van der Waals surface area contributed by atoms with Gasteiger partial charge in [0.15, 0.2) is 0 Å². The Labute approximate surface area is 114 Å². The van der Waals surface area contributed by atoms with Crippen molar-refractivity contribution < 1.29 is 18.0 Å². The predicted octanol–water partition coefficient (Wildman–Crippen LogP) is 3.59. The van der Waals surface area contributed by atoms with Gasteiger partial charge in [0.25, 0.3) is 0 Å². The molecule has 0 atom stereocenters. The number of aryl methyl sites for hydroxylation is 1. The fourth-order valence-electron chi connectivity index (χ4n) is 1.81. The number of halogens is 3. The summed E-state index contributed by atoms with van der Waals surface area (Å²) >= 11 is 0. The second-order valence-electron chi connectivity index (χ2n) is 4.39. The Morgan fingerprint density at radius 2 is 1.70 bits per heavy atom. The van der Waals surface area contributed by atoms with Crippen LogP contribution in [0.15, 0.2) is 36.4 Å². The minimum atomic E-state index is -1.07. The van der Waals surface area contributed by atoms with Crippen molar-refractivity contribution in [2.75, 3.05) is 5.32 Å². The van der Waals surface area contributed by atoms with Crippen LogP contribution in [0.25, 0.3) is 0 Å². The first-order chi connectivity index (χ1) is 9.47. The molecule has 1 N–H and O–H groups in total. The highest BCUT2D eigenvalue weighted by Crippen LogP contribution is 2.17. The number of nitrogens with one attached hydrogen (secondary N) is 1. The maximum Gasteiger partial charge on any atom is 0.229 e. The van der Waals surface area contributed by atoms with Gasteiger partial charge in [-0.3, -0.25) is 4.79 Å². The lowest BCUT2D eigenvalue weighted by Gasteiger charge is -2.09. The van der Waals surface area contributed by atoms with Crippen molar-refractivity contribution in [1.82, 2.24) is 0 Å². The van der Waals surface area contributed by atoms with E-state index in [1.807, 2.05) is 6.07 Å². The molecule has 5 heteroatoms. The highest BCUT2D eigenvalue weighted by molar-refractivity contribution is 5.93. The minimum Gasteiger partial charge on any atom is -0.326 e. The van der Waals surface area contributed by atoms with Gasteiger partial charge in [-0.2, -0.15) is 0 Å². The molecule has 0 saturated carbocycles. The number of hydrogen-bond acceptors (Lipinski definition) is 1. The quantitative estimate of drug-likeness (QED) is 0.914. The van der Waals surface area contributed by atoms with Crippen LogP contribution in [0.3, 0.4) is 0 Å². The van der Waals surface area contributed by atoms with Crippen LogP contribution in [0.5, 0.6) is 0 Å². The molecule has 0 saturated heterocycles. The van der Waals surface area contributed by atoms with E-state index in [2.05, 4.69) is 5.32 Å². The first-order valence-electron chi connectivity index (χ1n) is 5.96. The number of rotatable bonds is 3. The van der Waals surface area contributed by atoms with Crippen molar-refractivity contribution in [2.24, 2.45) is 0 Å². The van der Waals surface area contributed by atoms with Crippen molar-refractivity contribution in [1.29, 1.82) is 0 Å². The molecular weight excluding hydrogens is 267 g/mol. The number of anilines is 1. The van der Waals surface area contributed by atoms with Gasteiger partial charge in [0.05, 0.1) is 6.42 Å². The lowest BCUT2D eigenvalue weighted by atomic mass is 10.1. The number of benzene rings is 2. The number of carbonyl (C=O) groups is 1. The van der Waals surface area contributed by atoms with Crippen LogP contribution >= 0.6 is 0 Å². The Balaban J connectivity index is 2.15. The van der Waals surface area contributed by atoms with Crippen LogP contribution < -0.4 is 5.32 Å². The van der Waals surface area contributed by atoms with E-state index in [4.69, 9.17) is 0 Å². The fraction of sp³-hybridized carbons (Fsp3) is 0.133. The maximum atomic E-state index is 13.4. The van der Waals surface area contributed by atoms with Gasteiger partial charge in [0.2, 0.25) is 5.91 Å². The molecule has 20 heavy (non-hydrogen) atoms. The molecule has 0 aliphatic heterocycles. The molecule has 0 fully saturated rings. The summed E-state index contributed by atoms with van der Waals surface area (Å²) < 4.78 is 39.6. The van der Waals surface area contributed by atoms with Gasteiger partial charge in [0.1, 0.15) is 17.5 Å². The first-order valence-corrected chi connectivity index (χ1v) is 5.96. The molecule has 104 valence electrons. The largest absolute Gasteiger partial charge is 0.326 e. The normalized spacial score (nSPS) is 10.4. The number of para-hydroxylation sites is 1. The summed E-state index contributed by atoms with van der Waals surface area (Å²) in [4.78, 5) is 11.8. The average molecular weight is 279 g/mol. The number of hydrogen-bond donors (Lipinski definition) is 1. The average Bonchev–Trinajstić information content (AvgIpc) is 2.36. The van der Waals surface area contributed by atoms with Crippen LogP contribution in [0.1, 0.15) is 11.1 Å². The Hall–Kier alpha value is -2.30. The topological polar surface area (TPSA) is 29.1 Å². The predicted molar refractivity (Wildman–Crippen MR) is 69.8 cm³/mol. The van der Waals surface area contributed by atoms with E-state index in [1.165, 1.54) is 0 Å². The summed E-state index contributed by atoms with van der Waals surface area (Å²) in [5.41, 5.74) is 0.957. The third-order valence-electron chi connectivity index (χ3n) is 2.86. The van der Waals surface area contributed by atoms with E-state index in [9.17, 15) is 18.0 Å². The second-order valence-corrected chi connectivity index (χ2v) is 4.39. The molecule has 0 aliphatic rings. The highest BCUT2D eigenvalue weighted by atomic mass is 19.1. The molecule has 0 aliphatic carbocycles. The number of amides is 1. The molecule has 1 amide bonds. The second kappa shape index (κ2) is 5.77. The molecule has 2 aromatic rings. The van der Waals surface area contributed by atoms with Gasteiger partial charge in [-0.25, -0.2) is 13.2 Å². The summed E-state index contributed by atoms with van der Waals surface area (Å²) in [6.45, 7) is 1.80. The fourth-order valence-corrected chi connectivity index (χ4v) is 1.81. The minimum absolute atomic E-state index is 0.447.